The fourth-order valence-corrected chi connectivity index (χ4v) is 2.59. The Morgan fingerprint density at radius 3 is 2.22 bits per heavy atom. The van der Waals surface area contributed by atoms with Crippen LogP contribution < -0.4 is 0 Å². The molecule has 0 aliphatic rings. The standard InChI is InChI=1S/C13H8Br2ClFO/c14-7-1-3-11(16)9(5-7)13(18)10-6-8(15)2-4-12(10)17/h1-6,13,18H. The van der Waals surface area contributed by atoms with Crippen LogP contribution in [0.2, 0.25) is 5.02 Å². The minimum Gasteiger partial charge on any atom is -0.383 e. The number of halogens is 4. The van der Waals surface area contributed by atoms with Gasteiger partial charge in [0.2, 0.25) is 0 Å². The Morgan fingerprint density at radius 1 is 1.00 bits per heavy atom. The van der Waals surface area contributed by atoms with Crippen LogP contribution in [-0.2, 0) is 0 Å². The van der Waals surface area contributed by atoms with Gasteiger partial charge in [0.05, 0.1) is 0 Å². The molecule has 1 N–H and O–H groups in total. The van der Waals surface area contributed by atoms with Gasteiger partial charge in [0.25, 0.3) is 0 Å². The summed E-state index contributed by atoms with van der Waals surface area (Å²) in [5.41, 5.74) is 0.646. The largest absolute Gasteiger partial charge is 0.383 e. The molecule has 18 heavy (non-hydrogen) atoms. The maximum atomic E-state index is 13.7. The van der Waals surface area contributed by atoms with Crippen LogP contribution in [0.4, 0.5) is 4.39 Å². The molecular formula is C13H8Br2ClFO. The summed E-state index contributed by atoms with van der Waals surface area (Å²) in [5, 5.41) is 10.6. The average Bonchev–Trinajstić information content (AvgIpc) is 2.34. The van der Waals surface area contributed by atoms with Gasteiger partial charge in [0.15, 0.2) is 0 Å². The Kier molecular flexibility index (Phi) is 4.43. The first kappa shape index (κ1) is 14.0. The highest BCUT2D eigenvalue weighted by Crippen LogP contribution is 2.32. The van der Waals surface area contributed by atoms with Crippen molar-refractivity contribution in [1.29, 1.82) is 0 Å². The van der Waals surface area contributed by atoms with Crippen LogP contribution >= 0.6 is 43.5 Å². The molecule has 0 fully saturated rings. The van der Waals surface area contributed by atoms with E-state index in [-0.39, 0.29) is 5.56 Å². The molecule has 0 aromatic heterocycles. The second-order valence-corrected chi connectivity index (χ2v) is 5.97. The van der Waals surface area contributed by atoms with E-state index in [0.717, 1.165) is 4.47 Å². The van der Waals surface area contributed by atoms with Crippen LogP contribution in [0.1, 0.15) is 17.2 Å². The molecule has 1 atom stereocenters. The van der Waals surface area contributed by atoms with E-state index in [4.69, 9.17) is 11.6 Å². The third kappa shape index (κ3) is 2.94. The van der Waals surface area contributed by atoms with Crippen LogP contribution in [0.25, 0.3) is 0 Å². The Morgan fingerprint density at radius 2 is 1.56 bits per heavy atom. The molecule has 5 heteroatoms. The van der Waals surface area contributed by atoms with Gasteiger partial charge in [0.1, 0.15) is 11.9 Å². The number of benzene rings is 2. The maximum Gasteiger partial charge on any atom is 0.129 e. The molecule has 0 amide bonds. The van der Waals surface area contributed by atoms with E-state index >= 15 is 0 Å². The van der Waals surface area contributed by atoms with Crippen LogP contribution in [0.5, 0.6) is 0 Å². The minimum atomic E-state index is -1.10. The van der Waals surface area contributed by atoms with E-state index in [1.54, 1.807) is 24.3 Å². The van der Waals surface area contributed by atoms with Crippen molar-refractivity contribution < 1.29 is 9.50 Å². The summed E-state index contributed by atoms with van der Waals surface area (Å²) in [6.45, 7) is 0. The zero-order valence-electron chi connectivity index (χ0n) is 9.00. The highest BCUT2D eigenvalue weighted by Gasteiger charge is 2.18. The molecule has 0 aliphatic carbocycles. The SMILES string of the molecule is OC(c1cc(Br)ccc1F)c1cc(Br)ccc1Cl. The van der Waals surface area contributed by atoms with Gasteiger partial charge in [-0.15, -0.1) is 0 Å². The van der Waals surface area contributed by atoms with Gasteiger partial charge in [-0.1, -0.05) is 43.5 Å². The lowest BCUT2D eigenvalue weighted by molar-refractivity contribution is 0.215. The quantitative estimate of drug-likeness (QED) is 0.753. The lowest BCUT2D eigenvalue weighted by Crippen LogP contribution is -2.03. The van der Waals surface area contributed by atoms with E-state index in [1.807, 2.05) is 0 Å². The minimum absolute atomic E-state index is 0.185. The van der Waals surface area contributed by atoms with Gasteiger partial charge < -0.3 is 5.11 Å². The van der Waals surface area contributed by atoms with E-state index in [9.17, 15) is 9.50 Å². The molecule has 2 rings (SSSR count). The van der Waals surface area contributed by atoms with Gasteiger partial charge in [-0.05, 0) is 36.4 Å². The number of hydrogen-bond acceptors (Lipinski definition) is 1. The third-order valence-corrected chi connectivity index (χ3v) is 3.84. The van der Waals surface area contributed by atoms with Crippen LogP contribution in [0, 0.1) is 5.82 Å². The monoisotopic (exact) mass is 392 g/mol. The van der Waals surface area contributed by atoms with Gasteiger partial charge in [-0.2, -0.15) is 0 Å². The summed E-state index contributed by atoms with van der Waals surface area (Å²) in [6.07, 6.45) is -1.10. The Bertz CT molecular complexity index is 538. The Balaban J connectivity index is 2.50. The van der Waals surface area contributed by atoms with Gasteiger partial charge in [0, 0.05) is 25.1 Å². The van der Waals surface area contributed by atoms with Crippen molar-refractivity contribution in [3.8, 4) is 0 Å². The highest BCUT2D eigenvalue weighted by atomic mass is 79.9. The van der Waals surface area contributed by atoms with Crippen molar-refractivity contribution >= 4 is 43.5 Å². The van der Waals surface area contributed by atoms with Crippen LogP contribution in [0.15, 0.2) is 45.3 Å². The summed E-state index contributed by atoms with van der Waals surface area (Å²) >= 11 is 12.6. The highest BCUT2D eigenvalue weighted by molar-refractivity contribution is 9.10. The second kappa shape index (κ2) is 5.70. The molecule has 0 saturated carbocycles. The first-order valence-electron chi connectivity index (χ1n) is 5.07. The molecule has 1 nitrogen and oxygen atoms in total. The second-order valence-electron chi connectivity index (χ2n) is 3.73. The summed E-state index contributed by atoms with van der Waals surface area (Å²) in [4.78, 5) is 0. The number of rotatable bonds is 2. The first-order valence-corrected chi connectivity index (χ1v) is 7.03. The van der Waals surface area contributed by atoms with Crippen molar-refractivity contribution in [3.63, 3.8) is 0 Å². The zero-order chi connectivity index (χ0) is 13.3. The molecule has 0 aliphatic heterocycles. The fourth-order valence-electron chi connectivity index (χ4n) is 1.62. The molecule has 0 heterocycles. The molecule has 94 valence electrons. The van der Waals surface area contributed by atoms with Crippen molar-refractivity contribution in [2.24, 2.45) is 0 Å². The lowest BCUT2D eigenvalue weighted by atomic mass is 10.0. The summed E-state index contributed by atoms with van der Waals surface area (Å²) < 4.78 is 15.2. The van der Waals surface area contributed by atoms with E-state index in [0.29, 0.717) is 15.1 Å². The molecule has 2 aromatic carbocycles. The molecule has 1 unspecified atom stereocenters. The van der Waals surface area contributed by atoms with Gasteiger partial charge in [-0.25, -0.2) is 4.39 Å². The van der Waals surface area contributed by atoms with Crippen molar-refractivity contribution in [2.45, 2.75) is 6.10 Å². The number of aliphatic hydroxyl groups is 1. The summed E-state index contributed by atoms with van der Waals surface area (Å²) in [6, 6.07) is 9.50. The van der Waals surface area contributed by atoms with Crippen molar-refractivity contribution in [3.05, 3.63) is 67.3 Å². The van der Waals surface area contributed by atoms with Crippen LogP contribution in [-0.4, -0.2) is 5.11 Å². The molecule has 2 aromatic rings. The lowest BCUT2D eigenvalue weighted by Gasteiger charge is -2.14. The van der Waals surface area contributed by atoms with Crippen molar-refractivity contribution in [2.75, 3.05) is 0 Å². The molecule has 0 radical (unpaired) electrons. The molecule has 0 spiro atoms. The molecule has 0 bridgehead atoms. The van der Waals surface area contributed by atoms with E-state index in [2.05, 4.69) is 31.9 Å². The van der Waals surface area contributed by atoms with Crippen molar-refractivity contribution in [1.82, 2.24) is 0 Å². The normalized spacial score (nSPS) is 12.5. The predicted molar refractivity (Wildman–Crippen MR) is 77.3 cm³/mol. The fraction of sp³-hybridized carbons (Fsp3) is 0.0769. The van der Waals surface area contributed by atoms with Gasteiger partial charge in [-0.3, -0.25) is 0 Å². The van der Waals surface area contributed by atoms with E-state index < -0.39 is 11.9 Å². The first-order chi connectivity index (χ1) is 8.49. The predicted octanol–water partition coefficient (Wildman–Crippen LogP) is 5.09. The van der Waals surface area contributed by atoms with E-state index in [1.165, 1.54) is 12.1 Å². The Hall–Kier alpha value is -0.420. The summed E-state index contributed by atoms with van der Waals surface area (Å²) in [7, 11) is 0. The number of aliphatic hydroxyl groups excluding tert-OH is 1. The number of hydrogen-bond donors (Lipinski definition) is 1. The third-order valence-electron chi connectivity index (χ3n) is 2.51. The maximum absolute atomic E-state index is 13.7. The zero-order valence-corrected chi connectivity index (χ0v) is 12.9. The Labute approximate surface area is 126 Å². The van der Waals surface area contributed by atoms with Crippen LogP contribution in [0.3, 0.4) is 0 Å². The summed E-state index contributed by atoms with van der Waals surface area (Å²) in [5.74, 6) is -0.471. The average molecular weight is 394 g/mol. The van der Waals surface area contributed by atoms with Gasteiger partial charge >= 0.3 is 0 Å². The topological polar surface area (TPSA) is 20.2 Å². The molecule has 0 saturated heterocycles. The molecular weight excluding hydrogens is 386 g/mol. The smallest absolute Gasteiger partial charge is 0.129 e.